The second kappa shape index (κ2) is 2.85. The van der Waals surface area contributed by atoms with E-state index in [1.807, 2.05) is 0 Å². The van der Waals surface area contributed by atoms with Crippen LogP contribution in [0.5, 0.6) is 0 Å². The molecule has 0 saturated heterocycles. The average molecular weight is 172 g/mol. The second-order valence-corrected chi connectivity index (χ2v) is 2.82. The number of hydrogen-bond acceptors (Lipinski definition) is 0. The molecule has 0 bridgehead atoms. The lowest BCUT2D eigenvalue weighted by atomic mass is 9.92. The van der Waals surface area contributed by atoms with Gasteiger partial charge in [0.1, 0.15) is 7.85 Å². The molecule has 64 valence electrons. The van der Waals surface area contributed by atoms with Crippen molar-refractivity contribution in [2.75, 3.05) is 0 Å². The fourth-order valence-corrected chi connectivity index (χ4v) is 1.13. The van der Waals surface area contributed by atoms with Crippen LogP contribution in [-0.4, -0.2) is 7.85 Å². The van der Waals surface area contributed by atoms with Crippen molar-refractivity contribution in [1.29, 1.82) is 0 Å². The first-order chi connectivity index (χ1) is 5.41. The molecule has 1 rings (SSSR count). The molecule has 0 heterocycles. The molecule has 0 amide bonds. The zero-order valence-electron chi connectivity index (χ0n) is 6.87. The molecule has 0 spiro atoms. The van der Waals surface area contributed by atoms with Crippen LogP contribution in [0, 0.1) is 6.92 Å². The first-order valence-corrected chi connectivity index (χ1v) is 3.55. The monoisotopic (exact) mass is 172 g/mol. The second-order valence-electron chi connectivity index (χ2n) is 2.82. The van der Waals surface area contributed by atoms with Gasteiger partial charge in [-0.15, -0.1) is 0 Å². The SMILES string of the molecule is Bc1ccc(C(F)(F)F)c(C)c1. The van der Waals surface area contributed by atoms with E-state index >= 15 is 0 Å². The molecule has 0 aliphatic heterocycles. The van der Waals surface area contributed by atoms with Crippen LogP contribution in [0.25, 0.3) is 0 Å². The molecule has 0 atom stereocenters. The predicted molar refractivity (Wildman–Crippen MR) is 44.4 cm³/mol. The molecule has 1 aromatic rings. The highest BCUT2D eigenvalue weighted by atomic mass is 19.4. The van der Waals surface area contributed by atoms with E-state index in [1.54, 1.807) is 7.85 Å². The van der Waals surface area contributed by atoms with Gasteiger partial charge in [-0.3, -0.25) is 0 Å². The summed E-state index contributed by atoms with van der Waals surface area (Å²) in [6.07, 6.45) is -4.22. The Bertz CT molecular complexity index is 291. The smallest absolute Gasteiger partial charge is 0.166 e. The zero-order chi connectivity index (χ0) is 9.35. The standard InChI is InChI=1S/C8H8BF3/c1-5-4-6(9)2-3-7(5)8(10,11)12/h2-4H,9H2,1H3. The van der Waals surface area contributed by atoms with E-state index in [2.05, 4.69) is 0 Å². The van der Waals surface area contributed by atoms with Crippen LogP contribution in [0.4, 0.5) is 13.2 Å². The largest absolute Gasteiger partial charge is 0.416 e. The summed E-state index contributed by atoms with van der Waals surface area (Å²) in [5, 5.41) is 0. The molecule has 0 radical (unpaired) electrons. The third-order valence-corrected chi connectivity index (χ3v) is 1.69. The van der Waals surface area contributed by atoms with Crippen LogP contribution in [0.1, 0.15) is 11.1 Å². The number of aryl methyl sites for hydroxylation is 1. The van der Waals surface area contributed by atoms with Gasteiger partial charge in [0.05, 0.1) is 5.56 Å². The lowest BCUT2D eigenvalue weighted by Crippen LogP contribution is -2.11. The Morgan fingerprint density at radius 2 is 1.83 bits per heavy atom. The summed E-state index contributed by atoms with van der Waals surface area (Å²) in [5.41, 5.74) is 0.580. The highest BCUT2D eigenvalue weighted by molar-refractivity contribution is 6.32. The summed E-state index contributed by atoms with van der Waals surface area (Å²) in [6.45, 7) is 1.47. The fourth-order valence-electron chi connectivity index (χ4n) is 1.13. The average Bonchev–Trinajstić information content (AvgIpc) is 1.83. The van der Waals surface area contributed by atoms with Crippen LogP contribution >= 0.6 is 0 Å². The Labute approximate surface area is 69.8 Å². The first kappa shape index (κ1) is 9.17. The minimum Gasteiger partial charge on any atom is -0.166 e. The van der Waals surface area contributed by atoms with Crippen molar-refractivity contribution >= 4 is 13.3 Å². The molecule has 1 aromatic carbocycles. The summed E-state index contributed by atoms with van der Waals surface area (Å²) in [4.78, 5) is 0. The van der Waals surface area contributed by atoms with Gasteiger partial charge < -0.3 is 0 Å². The molecular formula is C8H8BF3. The van der Waals surface area contributed by atoms with Gasteiger partial charge in [-0.25, -0.2) is 0 Å². The minimum atomic E-state index is -4.22. The highest BCUT2D eigenvalue weighted by Crippen LogP contribution is 2.30. The van der Waals surface area contributed by atoms with E-state index < -0.39 is 11.7 Å². The van der Waals surface area contributed by atoms with Crippen molar-refractivity contribution in [3.8, 4) is 0 Å². The van der Waals surface area contributed by atoms with Crippen LogP contribution in [0.3, 0.4) is 0 Å². The third kappa shape index (κ3) is 1.81. The van der Waals surface area contributed by atoms with Crippen LogP contribution in [0.15, 0.2) is 18.2 Å². The summed E-state index contributed by atoms with van der Waals surface area (Å²) >= 11 is 0. The van der Waals surface area contributed by atoms with Crippen LogP contribution in [-0.2, 0) is 6.18 Å². The lowest BCUT2D eigenvalue weighted by molar-refractivity contribution is -0.138. The molecule has 12 heavy (non-hydrogen) atoms. The van der Waals surface area contributed by atoms with Gasteiger partial charge in [0.15, 0.2) is 0 Å². The zero-order valence-corrected chi connectivity index (χ0v) is 6.87. The Morgan fingerprint density at radius 1 is 1.25 bits per heavy atom. The van der Waals surface area contributed by atoms with Crippen molar-refractivity contribution < 1.29 is 13.2 Å². The minimum absolute atomic E-state index is 0.280. The summed E-state index contributed by atoms with van der Waals surface area (Å²) in [7, 11) is 1.77. The molecule has 0 aliphatic rings. The molecule has 0 aromatic heterocycles. The number of benzene rings is 1. The van der Waals surface area contributed by atoms with Crippen molar-refractivity contribution in [1.82, 2.24) is 0 Å². The normalized spacial score (nSPS) is 11.7. The summed E-state index contributed by atoms with van der Waals surface area (Å²) in [6, 6.07) is 4.11. The highest BCUT2D eigenvalue weighted by Gasteiger charge is 2.31. The van der Waals surface area contributed by atoms with Crippen LogP contribution < -0.4 is 5.46 Å². The van der Waals surface area contributed by atoms with Gasteiger partial charge >= 0.3 is 6.18 Å². The molecule has 0 aliphatic carbocycles. The Balaban J connectivity index is 3.19. The number of alkyl halides is 3. The number of halogens is 3. The summed E-state index contributed by atoms with van der Waals surface area (Å²) in [5.74, 6) is 0. The van der Waals surface area contributed by atoms with E-state index in [1.165, 1.54) is 19.1 Å². The van der Waals surface area contributed by atoms with Gasteiger partial charge in [-0.05, 0) is 12.5 Å². The Kier molecular flexibility index (Phi) is 2.17. The maximum Gasteiger partial charge on any atom is 0.416 e. The number of rotatable bonds is 0. The summed E-state index contributed by atoms with van der Waals surface area (Å²) < 4.78 is 36.5. The molecule has 0 saturated carbocycles. The van der Waals surface area contributed by atoms with Gasteiger partial charge in [0.25, 0.3) is 0 Å². The maximum absolute atomic E-state index is 12.2. The van der Waals surface area contributed by atoms with Crippen molar-refractivity contribution in [2.45, 2.75) is 13.1 Å². The molecule has 0 unspecified atom stereocenters. The van der Waals surface area contributed by atoms with E-state index in [4.69, 9.17) is 0 Å². The topological polar surface area (TPSA) is 0 Å². The maximum atomic E-state index is 12.2. The fraction of sp³-hybridized carbons (Fsp3) is 0.250. The van der Waals surface area contributed by atoms with Crippen molar-refractivity contribution in [3.63, 3.8) is 0 Å². The molecule has 4 heteroatoms. The van der Waals surface area contributed by atoms with E-state index in [0.29, 0.717) is 0 Å². The number of hydrogen-bond donors (Lipinski definition) is 0. The van der Waals surface area contributed by atoms with Crippen molar-refractivity contribution in [2.24, 2.45) is 0 Å². The van der Waals surface area contributed by atoms with Crippen LogP contribution in [0.2, 0.25) is 0 Å². The molecule has 0 fully saturated rings. The first-order valence-electron chi connectivity index (χ1n) is 3.55. The lowest BCUT2D eigenvalue weighted by Gasteiger charge is -2.09. The molecular weight excluding hydrogens is 164 g/mol. The van der Waals surface area contributed by atoms with Gasteiger partial charge in [0, 0.05) is 0 Å². The molecule has 0 N–H and O–H groups in total. The van der Waals surface area contributed by atoms with Gasteiger partial charge in [0.2, 0.25) is 0 Å². The van der Waals surface area contributed by atoms with E-state index in [-0.39, 0.29) is 5.56 Å². The third-order valence-electron chi connectivity index (χ3n) is 1.69. The van der Waals surface area contributed by atoms with E-state index in [0.717, 1.165) is 11.5 Å². The van der Waals surface area contributed by atoms with Gasteiger partial charge in [-0.1, -0.05) is 23.7 Å². The van der Waals surface area contributed by atoms with E-state index in [9.17, 15) is 13.2 Å². The quantitative estimate of drug-likeness (QED) is 0.517. The molecule has 0 nitrogen and oxygen atoms in total. The Hall–Kier alpha value is -0.925. The van der Waals surface area contributed by atoms with Gasteiger partial charge in [-0.2, -0.15) is 13.2 Å². The van der Waals surface area contributed by atoms with Crippen molar-refractivity contribution in [3.05, 3.63) is 29.3 Å². The predicted octanol–water partition coefficient (Wildman–Crippen LogP) is 1.27. The Morgan fingerprint density at radius 3 is 2.25 bits per heavy atom.